The van der Waals surface area contributed by atoms with Crippen LogP contribution in [0.2, 0.25) is 0 Å². The fourth-order valence-electron chi connectivity index (χ4n) is 2.81. The molecule has 1 N–H and O–H groups in total. The molecule has 0 aliphatic rings. The van der Waals surface area contributed by atoms with E-state index in [1.807, 2.05) is 6.92 Å². The van der Waals surface area contributed by atoms with Gasteiger partial charge >= 0.3 is 0 Å². The van der Waals surface area contributed by atoms with E-state index in [1.54, 1.807) is 0 Å². The zero-order valence-electron chi connectivity index (χ0n) is 14.5. The topological polar surface area (TPSA) is 20.2 Å². The predicted molar refractivity (Wildman–Crippen MR) is 93.1 cm³/mol. The van der Waals surface area contributed by atoms with Crippen LogP contribution >= 0.6 is 0 Å². The van der Waals surface area contributed by atoms with Gasteiger partial charge in [0.1, 0.15) is 5.75 Å². The highest BCUT2D eigenvalue weighted by Crippen LogP contribution is 2.26. The van der Waals surface area contributed by atoms with E-state index in [2.05, 4.69) is 32.9 Å². The van der Waals surface area contributed by atoms with Crippen LogP contribution in [0.4, 0.5) is 0 Å². The van der Waals surface area contributed by atoms with Gasteiger partial charge in [0.25, 0.3) is 0 Å². The first kappa shape index (κ1) is 18.1. The summed E-state index contributed by atoms with van der Waals surface area (Å²) in [5, 5.41) is 10.1. The highest BCUT2D eigenvalue weighted by Gasteiger charge is 2.06. The lowest BCUT2D eigenvalue weighted by molar-refractivity contribution is 0.461. The smallest absolute Gasteiger partial charge is 0.121 e. The van der Waals surface area contributed by atoms with Crippen LogP contribution in [0.5, 0.6) is 5.75 Å². The van der Waals surface area contributed by atoms with Gasteiger partial charge in [-0.15, -0.1) is 0 Å². The van der Waals surface area contributed by atoms with E-state index in [-0.39, 0.29) is 0 Å². The summed E-state index contributed by atoms with van der Waals surface area (Å²) in [6.07, 6.45) is 11.8. The molecule has 1 nitrogen and oxygen atoms in total. The lowest BCUT2D eigenvalue weighted by Crippen LogP contribution is -1.91. The van der Waals surface area contributed by atoms with Gasteiger partial charge in [-0.1, -0.05) is 70.9 Å². The Hall–Kier alpha value is -0.980. The number of aryl methyl sites for hydroxylation is 2. The van der Waals surface area contributed by atoms with Crippen LogP contribution in [0.1, 0.15) is 81.9 Å². The van der Waals surface area contributed by atoms with E-state index < -0.39 is 0 Å². The van der Waals surface area contributed by atoms with Gasteiger partial charge in [0, 0.05) is 0 Å². The summed E-state index contributed by atoms with van der Waals surface area (Å²) >= 11 is 0. The molecule has 0 aliphatic heterocycles. The van der Waals surface area contributed by atoms with Crippen molar-refractivity contribution in [3.8, 4) is 5.75 Å². The fraction of sp³-hybridized carbons (Fsp3) is 0.700. The molecule has 0 spiro atoms. The molecule has 120 valence electrons. The molecule has 0 atom stereocenters. The molecular weight excluding hydrogens is 256 g/mol. The van der Waals surface area contributed by atoms with Crippen LogP contribution in [-0.2, 0) is 6.42 Å². The SMILES string of the molecule is Cc1ccc(CCCCCCCCCC(C)C)c(O)c1C. The first-order valence-electron chi connectivity index (χ1n) is 8.80. The second-order valence-electron chi connectivity index (χ2n) is 6.92. The maximum Gasteiger partial charge on any atom is 0.121 e. The van der Waals surface area contributed by atoms with Gasteiger partial charge < -0.3 is 5.11 Å². The van der Waals surface area contributed by atoms with Crippen LogP contribution in [0, 0.1) is 19.8 Å². The molecule has 1 rings (SSSR count). The van der Waals surface area contributed by atoms with Crippen molar-refractivity contribution in [1.82, 2.24) is 0 Å². The van der Waals surface area contributed by atoms with E-state index in [1.165, 1.54) is 56.9 Å². The lowest BCUT2D eigenvalue weighted by atomic mass is 9.99. The van der Waals surface area contributed by atoms with Gasteiger partial charge in [-0.2, -0.15) is 0 Å². The number of aromatic hydroxyl groups is 1. The summed E-state index contributed by atoms with van der Waals surface area (Å²) in [5.74, 6) is 1.37. The molecule has 0 unspecified atom stereocenters. The zero-order valence-corrected chi connectivity index (χ0v) is 14.5. The normalized spacial score (nSPS) is 11.3. The Labute approximate surface area is 131 Å². The van der Waals surface area contributed by atoms with Crippen LogP contribution in [0.3, 0.4) is 0 Å². The molecule has 0 amide bonds. The van der Waals surface area contributed by atoms with Crippen LogP contribution in [0.25, 0.3) is 0 Å². The second kappa shape index (κ2) is 9.87. The number of phenolic OH excluding ortho intramolecular Hbond substituents is 1. The third-order valence-corrected chi connectivity index (χ3v) is 4.51. The third kappa shape index (κ3) is 7.02. The number of benzene rings is 1. The van der Waals surface area contributed by atoms with E-state index in [4.69, 9.17) is 0 Å². The molecule has 0 fully saturated rings. The molecule has 0 saturated heterocycles. The predicted octanol–water partition coefficient (Wildman–Crippen LogP) is 6.33. The molecule has 0 saturated carbocycles. The summed E-state index contributed by atoms with van der Waals surface area (Å²) in [7, 11) is 0. The van der Waals surface area contributed by atoms with E-state index >= 15 is 0 Å². The van der Waals surface area contributed by atoms with Crippen molar-refractivity contribution in [2.75, 3.05) is 0 Å². The average Bonchev–Trinajstić information content (AvgIpc) is 2.45. The molecule has 0 aliphatic carbocycles. The Kier molecular flexibility index (Phi) is 8.49. The Morgan fingerprint density at radius 2 is 1.43 bits per heavy atom. The van der Waals surface area contributed by atoms with E-state index in [9.17, 15) is 5.11 Å². The number of rotatable bonds is 10. The maximum atomic E-state index is 10.1. The van der Waals surface area contributed by atoms with Crippen molar-refractivity contribution >= 4 is 0 Å². The summed E-state index contributed by atoms with van der Waals surface area (Å²) in [4.78, 5) is 0. The maximum absolute atomic E-state index is 10.1. The highest BCUT2D eigenvalue weighted by atomic mass is 16.3. The monoisotopic (exact) mass is 290 g/mol. The minimum atomic E-state index is 0.517. The molecule has 0 aromatic heterocycles. The summed E-state index contributed by atoms with van der Waals surface area (Å²) < 4.78 is 0. The third-order valence-electron chi connectivity index (χ3n) is 4.51. The summed E-state index contributed by atoms with van der Waals surface area (Å²) in [6, 6.07) is 4.21. The Balaban J connectivity index is 2.08. The molecule has 0 radical (unpaired) electrons. The first-order valence-corrected chi connectivity index (χ1v) is 8.80. The van der Waals surface area contributed by atoms with E-state index in [0.717, 1.165) is 23.5 Å². The van der Waals surface area contributed by atoms with Crippen LogP contribution in [0.15, 0.2) is 12.1 Å². The molecule has 0 bridgehead atoms. The highest BCUT2D eigenvalue weighted by molar-refractivity contribution is 5.44. The Morgan fingerprint density at radius 1 is 0.857 bits per heavy atom. The lowest BCUT2D eigenvalue weighted by Gasteiger charge is -2.09. The summed E-state index contributed by atoms with van der Waals surface area (Å²) in [5.41, 5.74) is 3.34. The van der Waals surface area contributed by atoms with Gasteiger partial charge in [0.2, 0.25) is 0 Å². The van der Waals surface area contributed by atoms with Crippen molar-refractivity contribution in [3.63, 3.8) is 0 Å². The first-order chi connectivity index (χ1) is 10.0. The minimum Gasteiger partial charge on any atom is -0.507 e. The molecule has 1 heteroatoms. The Morgan fingerprint density at radius 3 is 2.05 bits per heavy atom. The second-order valence-corrected chi connectivity index (χ2v) is 6.92. The van der Waals surface area contributed by atoms with Crippen LogP contribution < -0.4 is 0 Å². The fourth-order valence-corrected chi connectivity index (χ4v) is 2.81. The van der Waals surface area contributed by atoms with Gasteiger partial charge in [-0.25, -0.2) is 0 Å². The van der Waals surface area contributed by atoms with Crippen molar-refractivity contribution in [2.45, 2.75) is 85.5 Å². The molecule has 1 aromatic carbocycles. The standard InChI is InChI=1S/C20H34O/c1-16(2)12-10-8-6-5-7-9-11-13-19-15-14-17(3)18(4)20(19)21/h14-16,21H,5-13H2,1-4H3. The van der Waals surface area contributed by atoms with Gasteiger partial charge in [0.05, 0.1) is 0 Å². The largest absolute Gasteiger partial charge is 0.507 e. The Bertz CT molecular complexity index is 407. The van der Waals surface area contributed by atoms with Crippen molar-refractivity contribution in [3.05, 3.63) is 28.8 Å². The number of phenols is 1. The zero-order chi connectivity index (χ0) is 15.7. The van der Waals surface area contributed by atoms with E-state index in [0.29, 0.717) is 5.75 Å². The number of unbranched alkanes of at least 4 members (excludes halogenated alkanes) is 6. The molecule has 1 aromatic rings. The number of hydrogen-bond acceptors (Lipinski definition) is 1. The molecule has 21 heavy (non-hydrogen) atoms. The van der Waals surface area contributed by atoms with Crippen molar-refractivity contribution < 1.29 is 5.11 Å². The molecule has 0 heterocycles. The average molecular weight is 290 g/mol. The van der Waals surface area contributed by atoms with Crippen molar-refractivity contribution in [1.29, 1.82) is 0 Å². The minimum absolute atomic E-state index is 0.517. The summed E-state index contributed by atoms with van der Waals surface area (Å²) in [6.45, 7) is 8.67. The van der Waals surface area contributed by atoms with Gasteiger partial charge in [0.15, 0.2) is 0 Å². The molecular formula is C20H34O. The van der Waals surface area contributed by atoms with Crippen molar-refractivity contribution in [2.24, 2.45) is 5.92 Å². The van der Waals surface area contributed by atoms with Gasteiger partial charge in [-0.05, 0) is 49.3 Å². The van der Waals surface area contributed by atoms with Gasteiger partial charge in [-0.3, -0.25) is 0 Å². The van der Waals surface area contributed by atoms with Crippen LogP contribution in [-0.4, -0.2) is 5.11 Å². The number of hydrogen-bond donors (Lipinski definition) is 1. The quantitative estimate of drug-likeness (QED) is 0.499.